The molecule has 0 aliphatic rings. The van der Waals surface area contributed by atoms with Crippen LogP contribution in [0.4, 0.5) is 0 Å². The molecule has 1 aromatic rings. The maximum absolute atomic E-state index is 11.2. The summed E-state index contributed by atoms with van der Waals surface area (Å²) in [4.78, 5) is 13.0. The number of likely N-dealkylation sites (N-methyl/N-ethyl adjacent to an activating group) is 1. The Hall–Kier alpha value is -1.95. The molecule has 1 rings (SSSR count). The fraction of sp³-hybridized carbons (Fsp3) is 0.533. The summed E-state index contributed by atoms with van der Waals surface area (Å²) in [6.07, 6.45) is 0.520. The van der Waals surface area contributed by atoms with Crippen LogP contribution in [-0.4, -0.2) is 50.4 Å². The van der Waals surface area contributed by atoms with Crippen LogP contribution in [0.5, 0.6) is 17.2 Å². The highest BCUT2D eigenvalue weighted by Gasteiger charge is 2.23. The predicted octanol–water partition coefficient (Wildman–Crippen LogP) is 2.01. The van der Waals surface area contributed by atoms with Crippen molar-refractivity contribution in [3.05, 3.63) is 17.7 Å². The largest absolute Gasteiger partial charge is 0.496 e. The van der Waals surface area contributed by atoms with Crippen LogP contribution < -0.4 is 14.2 Å². The van der Waals surface area contributed by atoms with Crippen molar-refractivity contribution in [1.82, 2.24) is 4.90 Å². The first-order valence-corrected chi connectivity index (χ1v) is 6.70. The molecule has 6 nitrogen and oxygen atoms in total. The third-order valence-electron chi connectivity index (χ3n) is 3.43. The van der Waals surface area contributed by atoms with E-state index in [-0.39, 0.29) is 0 Å². The number of hydrogen-bond donors (Lipinski definition) is 1. The van der Waals surface area contributed by atoms with Gasteiger partial charge in [-0.25, -0.2) is 0 Å². The first-order valence-electron chi connectivity index (χ1n) is 6.70. The molecule has 6 heteroatoms. The second-order valence-corrected chi connectivity index (χ2v) is 4.69. The van der Waals surface area contributed by atoms with Crippen molar-refractivity contribution in [1.29, 1.82) is 0 Å². The molecule has 118 valence electrons. The molecule has 1 atom stereocenters. The monoisotopic (exact) mass is 297 g/mol. The van der Waals surface area contributed by atoms with E-state index in [1.165, 1.54) is 0 Å². The molecule has 21 heavy (non-hydrogen) atoms. The number of carboxylic acids is 1. The molecule has 0 saturated carbocycles. The molecule has 1 unspecified atom stereocenters. The normalized spacial score (nSPS) is 12.1. The number of rotatable bonds is 8. The second-order valence-electron chi connectivity index (χ2n) is 4.69. The van der Waals surface area contributed by atoms with E-state index in [4.69, 9.17) is 14.2 Å². The van der Waals surface area contributed by atoms with E-state index in [2.05, 4.69) is 0 Å². The molecule has 0 fully saturated rings. The molecule has 0 aliphatic heterocycles. The van der Waals surface area contributed by atoms with E-state index in [0.29, 0.717) is 30.2 Å². The Morgan fingerprint density at radius 3 is 2.05 bits per heavy atom. The summed E-state index contributed by atoms with van der Waals surface area (Å²) < 4.78 is 15.9. The average Bonchev–Trinajstić information content (AvgIpc) is 2.47. The zero-order chi connectivity index (χ0) is 16.0. The van der Waals surface area contributed by atoms with Crippen LogP contribution in [0, 0.1) is 0 Å². The van der Waals surface area contributed by atoms with Crippen LogP contribution in [0.3, 0.4) is 0 Å². The van der Waals surface area contributed by atoms with Gasteiger partial charge in [0.2, 0.25) is 0 Å². The molecule has 0 radical (unpaired) electrons. The van der Waals surface area contributed by atoms with E-state index in [1.807, 2.05) is 6.92 Å². The van der Waals surface area contributed by atoms with Crippen molar-refractivity contribution >= 4 is 5.97 Å². The lowest BCUT2D eigenvalue weighted by Gasteiger charge is -2.25. The van der Waals surface area contributed by atoms with Gasteiger partial charge in [-0.3, -0.25) is 9.69 Å². The number of ether oxygens (including phenoxy) is 3. The van der Waals surface area contributed by atoms with E-state index in [9.17, 15) is 9.90 Å². The van der Waals surface area contributed by atoms with E-state index in [1.54, 1.807) is 45.4 Å². The number of hydrogen-bond acceptors (Lipinski definition) is 5. The molecule has 1 aromatic carbocycles. The van der Waals surface area contributed by atoms with Gasteiger partial charge < -0.3 is 19.3 Å². The van der Waals surface area contributed by atoms with Crippen LogP contribution in [0.15, 0.2) is 12.1 Å². The predicted molar refractivity (Wildman–Crippen MR) is 79.3 cm³/mol. The van der Waals surface area contributed by atoms with Crippen LogP contribution >= 0.6 is 0 Å². The topological polar surface area (TPSA) is 68.2 Å². The fourth-order valence-corrected chi connectivity index (χ4v) is 2.27. The first kappa shape index (κ1) is 17.1. The molecule has 0 aromatic heterocycles. The standard InChI is InChI=1S/C15H23NO5/c1-6-12(15(17)18)16(2)9-11-13(20-4)7-10(19-3)8-14(11)21-5/h7-8,12H,6,9H2,1-5H3,(H,17,18). The lowest BCUT2D eigenvalue weighted by atomic mass is 10.1. The summed E-state index contributed by atoms with van der Waals surface area (Å²) in [5, 5.41) is 9.23. The molecule has 0 heterocycles. The number of benzene rings is 1. The number of aliphatic carboxylic acids is 1. The van der Waals surface area contributed by atoms with Crippen molar-refractivity contribution < 1.29 is 24.1 Å². The molecule has 0 amide bonds. The van der Waals surface area contributed by atoms with Crippen LogP contribution in [0.1, 0.15) is 18.9 Å². The third kappa shape index (κ3) is 4.01. The smallest absolute Gasteiger partial charge is 0.320 e. The highest BCUT2D eigenvalue weighted by Crippen LogP contribution is 2.35. The van der Waals surface area contributed by atoms with Gasteiger partial charge >= 0.3 is 5.97 Å². The molecule has 0 saturated heterocycles. The summed E-state index contributed by atoms with van der Waals surface area (Å²) >= 11 is 0. The molecule has 1 N–H and O–H groups in total. The van der Waals surface area contributed by atoms with Crippen LogP contribution in [0.25, 0.3) is 0 Å². The minimum absolute atomic E-state index is 0.404. The minimum atomic E-state index is -0.841. The zero-order valence-corrected chi connectivity index (χ0v) is 13.2. The Morgan fingerprint density at radius 1 is 1.19 bits per heavy atom. The molecule has 0 spiro atoms. The van der Waals surface area contributed by atoms with E-state index in [0.717, 1.165) is 5.56 Å². The summed E-state index contributed by atoms with van der Waals surface area (Å²) in [5.41, 5.74) is 0.794. The first-order chi connectivity index (χ1) is 9.98. The Kier molecular flexibility index (Phi) is 6.30. The van der Waals surface area contributed by atoms with Gasteiger partial charge in [0.15, 0.2) is 0 Å². The Labute approximate surface area is 125 Å². The van der Waals surface area contributed by atoms with E-state index < -0.39 is 12.0 Å². The highest BCUT2D eigenvalue weighted by atomic mass is 16.5. The minimum Gasteiger partial charge on any atom is -0.496 e. The Morgan fingerprint density at radius 2 is 1.71 bits per heavy atom. The Balaban J connectivity index is 3.14. The molecule has 0 bridgehead atoms. The van der Waals surface area contributed by atoms with Gasteiger partial charge in [0.05, 0.1) is 26.9 Å². The van der Waals surface area contributed by atoms with Crippen molar-refractivity contribution in [2.45, 2.75) is 25.9 Å². The Bertz CT molecular complexity index is 464. The van der Waals surface area contributed by atoms with Gasteiger partial charge in [0, 0.05) is 18.7 Å². The zero-order valence-electron chi connectivity index (χ0n) is 13.2. The lowest BCUT2D eigenvalue weighted by molar-refractivity contribution is -0.143. The quantitative estimate of drug-likeness (QED) is 0.791. The van der Waals surface area contributed by atoms with Crippen LogP contribution in [0.2, 0.25) is 0 Å². The summed E-state index contributed by atoms with van der Waals surface area (Å²) in [5.74, 6) is 1.00. The lowest BCUT2D eigenvalue weighted by Crippen LogP contribution is -2.37. The van der Waals surface area contributed by atoms with Gasteiger partial charge in [-0.05, 0) is 13.5 Å². The molecular formula is C15H23NO5. The van der Waals surface area contributed by atoms with Gasteiger partial charge in [-0.2, -0.15) is 0 Å². The highest BCUT2D eigenvalue weighted by molar-refractivity contribution is 5.73. The van der Waals surface area contributed by atoms with Gasteiger partial charge in [0.25, 0.3) is 0 Å². The number of carbonyl (C=O) groups is 1. The van der Waals surface area contributed by atoms with Gasteiger partial charge in [-0.15, -0.1) is 0 Å². The number of methoxy groups -OCH3 is 3. The van der Waals surface area contributed by atoms with Gasteiger partial charge in [-0.1, -0.05) is 6.92 Å². The van der Waals surface area contributed by atoms with Crippen molar-refractivity contribution in [3.8, 4) is 17.2 Å². The third-order valence-corrected chi connectivity index (χ3v) is 3.43. The summed E-state index contributed by atoms with van der Waals surface area (Å²) in [7, 11) is 6.46. The maximum Gasteiger partial charge on any atom is 0.320 e. The SMILES string of the molecule is CCC(C(=O)O)N(C)Cc1c(OC)cc(OC)cc1OC. The van der Waals surface area contributed by atoms with Gasteiger partial charge in [0.1, 0.15) is 23.3 Å². The number of carboxylic acid groups (broad SMARTS) is 1. The van der Waals surface area contributed by atoms with Crippen LogP contribution in [-0.2, 0) is 11.3 Å². The second kappa shape index (κ2) is 7.73. The van der Waals surface area contributed by atoms with Crippen molar-refractivity contribution in [3.63, 3.8) is 0 Å². The van der Waals surface area contributed by atoms with Crippen molar-refractivity contribution in [2.24, 2.45) is 0 Å². The average molecular weight is 297 g/mol. The van der Waals surface area contributed by atoms with Crippen molar-refractivity contribution in [2.75, 3.05) is 28.4 Å². The summed E-state index contributed by atoms with van der Waals surface area (Å²) in [6.45, 7) is 2.25. The maximum atomic E-state index is 11.2. The molecular weight excluding hydrogens is 274 g/mol. The summed E-state index contributed by atoms with van der Waals surface area (Å²) in [6, 6.07) is 2.96. The number of nitrogens with zero attached hydrogens (tertiary/aromatic N) is 1. The molecule has 0 aliphatic carbocycles. The fourth-order valence-electron chi connectivity index (χ4n) is 2.27. The van der Waals surface area contributed by atoms with E-state index >= 15 is 0 Å².